The molecule has 0 unspecified atom stereocenters. The Morgan fingerprint density at radius 3 is 2.83 bits per heavy atom. The normalized spacial score (nSPS) is 14.1. The fourth-order valence-electron chi connectivity index (χ4n) is 2.58. The molecule has 1 aliphatic heterocycles. The molecule has 0 saturated heterocycles. The van der Waals surface area contributed by atoms with Gasteiger partial charge in [0, 0.05) is 18.9 Å². The number of carbonyl (C=O) groups excluding carboxylic acids is 2. The molecule has 0 radical (unpaired) electrons. The highest BCUT2D eigenvalue weighted by Crippen LogP contribution is 2.15. The lowest BCUT2D eigenvalue weighted by molar-refractivity contribution is -0.121. The third-order valence-electron chi connectivity index (χ3n) is 3.73. The lowest BCUT2D eigenvalue weighted by Gasteiger charge is -2.13. The van der Waals surface area contributed by atoms with E-state index < -0.39 is 0 Å². The van der Waals surface area contributed by atoms with Crippen LogP contribution in [0.25, 0.3) is 0 Å². The zero-order valence-corrected chi connectivity index (χ0v) is 13.7. The van der Waals surface area contributed by atoms with Gasteiger partial charge in [-0.2, -0.15) is 10.2 Å². The highest BCUT2D eigenvalue weighted by Gasteiger charge is 2.19. The predicted octanol–water partition coefficient (Wildman–Crippen LogP) is 1.75. The van der Waals surface area contributed by atoms with E-state index >= 15 is 0 Å². The molecule has 0 fully saturated rings. The van der Waals surface area contributed by atoms with Crippen molar-refractivity contribution >= 4 is 23.3 Å². The maximum Gasteiger partial charge on any atom is 0.273 e. The number of amides is 2. The Bertz CT molecular complexity index is 822. The second kappa shape index (κ2) is 6.66. The third-order valence-corrected chi connectivity index (χ3v) is 3.73. The number of benzene rings is 1. The molecule has 0 spiro atoms. The Morgan fingerprint density at radius 2 is 2.12 bits per heavy atom. The van der Waals surface area contributed by atoms with Crippen molar-refractivity contribution in [3.63, 3.8) is 0 Å². The van der Waals surface area contributed by atoms with Crippen LogP contribution in [0.5, 0.6) is 0 Å². The molecule has 24 heavy (non-hydrogen) atoms. The van der Waals surface area contributed by atoms with Crippen LogP contribution in [0.2, 0.25) is 0 Å². The first kappa shape index (κ1) is 15.9. The molecule has 7 heteroatoms. The first-order valence-electron chi connectivity index (χ1n) is 7.78. The summed E-state index contributed by atoms with van der Waals surface area (Å²) < 4.78 is 1.75. The van der Waals surface area contributed by atoms with Crippen molar-refractivity contribution in [2.75, 3.05) is 5.32 Å². The van der Waals surface area contributed by atoms with Gasteiger partial charge in [-0.05, 0) is 19.4 Å². The van der Waals surface area contributed by atoms with Crippen LogP contribution in [0.4, 0.5) is 5.82 Å². The summed E-state index contributed by atoms with van der Waals surface area (Å²) in [6.07, 6.45) is 0.608. The number of aromatic nitrogens is 2. The summed E-state index contributed by atoms with van der Waals surface area (Å²) in [5.74, 6) is 0.117. The molecule has 0 saturated carbocycles. The molecule has 7 nitrogen and oxygen atoms in total. The minimum atomic E-state index is -0.319. The number of nitrogens with zero attached hydrogens (tertiary/aromatic N) is 3. The molecule has 3 rings (SSSR count). The zero-order valence-electron chi connectivity index (χ0n) is 13.7. The van der Waals surface area contributed by atoms with Gasteiger partial charge in [0.1, 0.15) is 11.5 Å². The van der Waals surface area contributed by atoms with E-state index in [9.17, 15) is 9.59 Å². The number of hydrogen-bond acceptors (Lipinski definition) is 4. The SMILES string of the molecule is Cc1cccc(Cn2nc(C)cc2NC(=O)C2=NNC(=O)CC2)c1. The number of aryl methyl sites for hydroxylation is 2. The summed E-state index contributed by atoms with van der Waals surface area (Å²) in [5.41, 5.74) is 5.74. The van der Waals surface area contributed by atoms with Gasteiger partial charge in [-0.25, -0.2) is 10.1 Å². The quantitative estimate of drug-likeness (QED) is 0.897. The second-order valence-electron chi connectivity index (χ2n) is 5.87. The van der Waals surface area contributed by atoms with Crippen molar-refractivity contribution in [3.8, 4) is 0 Å². The smallest absolute Gasteiger partial charge is 0.273 e. The van der Waals surface area contributed by atoms with Gasteiger partial charge >= 0.3 is 0 Å². The van der Waals surface area contributed by atoms with E-state index in [-0.39, 0.29) is 18.2 Å². The lowest BCUT2D eigenvalue weighted by atomic mass is 10.1. The largest absolute Gasteiger partial charge is 0.306 e. The third kappa shape index (κ3) is 3.68. The Morgan fingerprint density at radius 1 is 1.29 bits per heavy atom. The minimum absolute atomic E-state index is 0.174. The van der Waals surface area contributed by atoms with E-state index in [1.807, 2.05) is 38.1 Å². The maximum absolute atomic E-state index is 12.3. The fraction of sp³-hybridized carbons (Fsp3) is 0.294. The molecular formula is C17H19N5O2. The van der Waals surface area contributed by atoms with Crippen molar-refractivity contribution in [1.82, 2.24) is 15.2 Å². The fourth-order valence-corrected chi connectivity index (χ4v) is 2.58. The summed E-state index contributed by atoms with van der Waals surface area (Å²) in [5, 5.41) is 11.1. The van der Waals surface area contributed by atoms with E-state index in [1.165, 1.54) is 5.56 Å². The first-order valence-corrected chi connectivity index (χ1v) is 7.78. The van der Waals surface area contributed by atoms with Crippen LogP contribution < -0.4 is 10.7 Å². The number of hydrogen-bond donors (Lipinski definition) is 2. The Balaban J connectivity index is 1.77. The summed E-state index contributed by atoms with van der Waals surface area (Å²) in [7, 11) is 0. The lowest BCUT2D eigenvalue weighted by Crippen LogP contribution is -2.33. The summed E-state index contributed by atoms with van der Waals surface area (Å²) in [6.45, 7) is 4.48. The number of hydrazone groups is 1. The highest BCUT2D eigenvalue weighted by atomic mass is 16.2. The van der Waals surface area contributed by atoms with Crippen molar-refractivity contribution in [2.24, 2.45) is 5.10 Å². The first-order chi connectivity index (χ1) is 11.5. The predicted molar refractivity (Wildman–Crippen MR) is 90.7 cm³/mol. The molecule has 1 aromatic heterocycles. The Hall–Kier alpha value is -2.96. The highest BCUT2D eigenvalue weighted by molar-refractivity contribution is 6.43. The van der Waals surface area contributed by atoms with Crippen molar-refractivity contribution < 1.29 is 9.59 Å². The van der Waals surface area contributed by atoms with E-state index in [2.05, 4.69) is 27.0 Å². The van der Waals surface area contributed by atoms with Gasteiger partial charge < -0.3 is 5.32 Å². The number of carbonyl (C=O) groups is 2. The van der Waals surface area contributed by atoms with Gasteiger partial charge in [0.15, 0.2) is 0 Å². The molecular weight excluding hydrogens is 306 g/mol. The molecule has 1 aliphatic rings. The average Bonchev–Trinajstić information content (AvgIpc) is 2.87. The number of nitrogens with one attached hydrogen (secondary N) is 2. The zero-order chi connectivity index (χ0) is 17.1. The maximum atomic E-state index is 12.3. The molecule has 0 aliphatic carbocycles. The van der Waals surface area contributed by atoms with Crippen LogP contribution in [0.1, 0.15) is 29.7 Å². The van der Waals surface area contributed by atoms with Crippen molar-refractivity contribution in [1.29, 1.82) is 0 Å². The molecule has 1 aromatic carbocycles. The monoisotopic (exact) mass is 325 g/mol. The molecule has 2 heterocycles. The Labute approximate surface area is 139 Å². The standard InChI is InChI=1S/C17H19N5O2/c1-11-4-3-5-13(8-11)10-22-15(9-12(2)21-22)18-17(24)14-6-7-16(23)20-19-14/h3-5,8-9H,6-7,10H2,1-2H3,(H,18,24)(H,20,23). The molecule has 0 bridgehead atoms. The van der Waals surface area contributed by atoms with Gasteiger partial charge in [0.25, 0.3) is 5.91 Å². The van der Waals surface area contributed by atoms with Crippen LogP contribution in [0.3, 0.4) is 0 Å². The van der Waals surface area contributed by atoms with Crippen molar-refractivity contribution in [2.45, 2.75) is 33.2 Å². The van der Waals surface area contributed by atoms with E-state index in [0.29, 0.717) is 24.5 Å². The second-order valence-corrected chi connectivity index (χ2v) is 5.87. The van der Waals surface area contributed by atoms with Gasteiger partial charge in [-0.15, -0.1) is 0 Å². The molecule has 124 valence electrons. The van der Waals surface area contributed by atoms with Crippen LogP contribution in [0.15, 0.2) is 35.4 Å². The minimum Gasteiger partial charge on any atom is -0.306 e. The van der Waals surface area contributed by atoms with Gasteiger partial charge in [0.05, 0.1) is 12.2 Å². The Kier molecular flexibility index (Phi) is 4.41. The van der Waals surface area contributed by atoms with Crippen molar-refractivity contribution in [3.05, 3.63) is 47.2 Å². The topological polar surface area (TPSA) is 88.4 Å². The molecule has 2 amide bonds. The van der Waals surface area contributed by atoms with Crippen LogP contribution in [-0.4, -0.2) is 27.3 Å². The van der Waals surface area contributed by atoms with E-state index in [0.717, 1.165) is 11.3 Å². The number of rotatable bonds is 4. The van der Waals surface area contributed by atoms with Crippen LogP contribution in [-0.2, 0) is 16.1 Å². The van der Waals surface area contributed by atoms with Crippen LogP contribution >= 0.6 is 0 Å². The number of anilines is 1. The summed E-state index contributed by atoms with van der Waals surface area (Å²) >= 11 is 0. The van der Waals surface area contributed by atoms with Gasteiger partial charge in [-0.3, -0.25) is 9.59 Å². The molecule has 2 aromatic rings. The summed E-state index contributed by atoms with van der Waals surface area (Å²) in [4.78, 5) is 23.4. The summed E-state index contributed by atoms with van der Waals surface area (Å²) in [6, 6.07) is 9.96. The molecule has 0 atom stereocenters. The van der Waals surface area contributed by atoms with Gasteiger partial charge in [0.2, 0.25) is 5.91 Å². The molecule has 2 N–H and O–H groups in total. The van der Waals surface area contributed by atoms with Crippen LogP contribution in [0, 0.1) is 13.8 Å². The van der Waals surface area contributed by atoms with E-state index in [4.69, 9.17) is 0 Å². The van der Waals surface area contributed by atoms with Gasteiger partial charge in [-0.1, -0.05) is 29.8 Å². The average molecular weight is 325 g/mol. The van der Waals surface area contributed by atoms with E-state index in [1.54, 1.807) is 4.68 Å².